The van der Waals surface area contributed by atoms with E-state index in [1.165, 1.54) is 10.9 Å². The molecule has 2 heterocycles. The Morgan fingerprint density at radius 2 is 2.17 bits per heavy atom. The molecule has 1 fully saturated rings. The fraction of sp³-hybridized carbons (Fsp3) is 0.500. The van der Waals surface area contributed by atoms with Gasteiger partial charge in [-0.2, -0.15) is 0 Å². The van der Waals surface area contributed by atoms with Gasteiger partial charge in [0.25, 0.3) is 0 Å². The molecular weight excluding hydrogens is 487 g/mol. The van der Waals surface area contributed by atoms with Crippen molar-refractivity contribution in [3.05, 3.63) is 40.9 Å². The van der Waals surface area contributed by atoms with Gasteiger partial charge in [-0.15, -0.1) is 0 Å². The number of nitrogens with zero attached hydrogens (tertiary/aromatic N) is 3. The second-order valence-electron chi connectivity index (χ2n) is 6.12. The third-order valence-electron chi connectivity index (χ3n) is 4.44. The maximum atomic E-state index is 12.4. The quantitative estimate of drug-likeness (QED) is 0.574. The maximum absolute atomic E-state index is 12.4. The zero-order valence-corrected chi connectivity index (χ0v) is 17.4. The Kier molecular flexibility index (Phi) is 5.45. The standard InChI is InChI=1S/C16H20N3O3.Tl/c20-11(8-14-15(21)6-3-7-17-14)9-19-10-18-13-5-2-1-4-12(13)16(19)22;/h1-2,4-5,10-11,14-15,20-21H,3,6-9H2;/q-1;+1/t11-,14-,15+;/m1./s1. The Bertz CT molecular complexity index is 726. The van der Waals surface area contributed by atoms with Crippen molar-refractivity contribution >= 4 is 37.0 Å². The van der Waals surface area contributed by atoms with E-state index in [1.807, 2.05) is 12.1 Å². The van der Waals surface area contributed by atoms with Crippen LogP contribution in [0.3, 0.4) is 0 Å². The Labute approximate surface area is 150 Å². The molecule has 1 aromatic heterocycles. The molecule has 2 aromatic rings. The normalized spacial score (nSPS) is 23.9. The molecule has 3 atom stereocenters. The van der Waals surface area contributed by atoms with Crippen molar-refractivity contribution in [3.8, 4) is 0 Å². The molecule has 1 saturated heterocycles. The van der Waals surface area contributed by atoms with Gasteiger partial charge in [-0.3, -0.25) is 0 Å². The van der Waals surface area contributed by atoms with Gasteiger partial charge in [0.15, 0.2) is 0 Å². The van der Waals surface area contributed by atoms with Crippen LogP contribution in [-0.4, -0.2) is 73.3 Å². The summed E-state index contributed by atoms with van der Waals surface area (Å²) in [6, 6.07) is 7.21. The molecule has 1 aliphatic heterocycles. The molecule has 1 aliphatic rings. The molecule has 0 spiro atoms. The SMILES string of the molecule is O=c1c2ccccc2ncn1C[C@H](O)C[C@@H]1[C@@H](O)CCC[N]1[Tl]. The van der Waals surface area contributed by atoms with E-state index in [4.69, 9.17) is 0 Å². The molecule has 6 nitrogen and oxygen atoms in total. The first-order valence-electron chi connectivity index (χ1n) is 7.88. The minimum absolute atomic E-state index is 0.00728. The number of hydrogen-bond donors (Lipinski definition) is 2. The first-order valence-corrected chi connectivity index (χ1v) is 9.88. The van der Waals surface area contributed by atoms with Crippen LogP contribution in [0.2, 0.25) is 0 Å². The Hall–Kier alpha value is -0.838. The summed E-state index contributed by atoms with van der Waals surface area (Å²) < 4.78 is 3.71. The number of para-hydroxylation sites is 1. The number of aromatic nitrogens is 2. The minimum atomic E-state index is -0.672. The number of aliphatic hydroxyl groups is 2. The number of hydrogen-bond acceptors (Lipinski definition) is 5. The first kappa shape index (κ1) is 17.0. The predicted molar refractivity (Wildman–Crippen MR) is 88.1 cm³/mol. The summed E-state index contributed by atoms with van der Waals surface area (Å²) in [6.07, 6.45) is 2.73. The van der Waals surface area contributed by atoms with E-state index < -0.39 is 6.10 Å². The molecule has 120 valence electrons. The molecule has 1 aromatic carbocycles. The van der Waals surface area contributed by atoms with Gasteiger partial charge >= 0.3 is 151 Å². The molecule has 0 aliphatic carbocycles. The van der Waals surface area contributed by atoms with Crippen LogP contribution in [0.4, 0.5) is 0 Å². The van der Waals surface area contributed by atoms with Gasteiger partial charge in [0, 0.05) is 0 Å². The summed E-state index contributed by atoms with van der Waals surface area (Å²) in [5, 5.41) is 21.1. The van der Waals surface area contributed by atoms with Gasteiger partial charge < -0.3 is 0 Å². The van der Waals surface area contributed by atoms with E-state index in [0.29, 0.717) is 43.4 Å². The molecule has 0 saturated carbocycles. The van der Waals surface area contributed by atoms with Gasteiger partial charge in [0.05, 0.1) is 0 Å². The van der Waals surface area contributed by atoms with Gasteiger partial charge in [0.1, 0.15) is 0 Å². The van der Waals surface area contributed by atoms with Crippen LogP contribution in [-0.2, 0) is 6.54 Å². The van der Waals surface area contributed by atoms with E-state index in [0.717, 1.165) is 19.4 Å². The van der Waals surface area contributed by atoms with Crippen LogP contribution in [0.1, 0.15) is 19.3 Å². The van der Waals surface area contributed by atoms with Crippen molar-refractivity contribution in [2.75, 3.05) is 6.54 Å². The fourth-order valence-electron chi connectivity index (χ4n) is 3.17. The predicted octanol–water partition coefficient (Wildman–Crippen LogP) is 0.0563. The topological polar surface area (TPSA) is 78.6 Å². The Balaban J connectivity index is 1.74. The van der Waals surface area contributed by atoms with Crippen LogP contribution in [0.15, 0.2) is 35.4 Å². The third kappa shape index (κ3) is 3.81. The number of rotatable bonds is 4. The molecule has 23 heavy (non-hydrogen) atoms. The van der Waals surface area contributed by atoms with Gasteiger partial charge in [0.2, 0.25) is 0 Å². The Morgan fingerprint density at radius 3 is 2.96 bits per heavy atom. The van der Waals surface area contributed by atoms with Crippen molar-refractivity contribution in [2.45, 2.75) is 44.1 Å². The summed E-state index contributed by atoms with van der Waals surface area (Å²) in [7, 11) is 0. The molecular formula is C16H20N3O3Tl. The van der Waals surface area contributed by atoms with Crippen molar-refractivity contribution in [2.24, 2.45) is 0 Å². The number of piperidine rings is 1. The number of benzene rings is 1. The third-order valence-corrected chi connectivity index (χ3v) is 6.93. The monoisotopic (exact) mass is 507 g/mol. The zero-order chi connectivity index (χ0) is 16.4. The average Bonchev–Trinajstić information content (AvgIpc) is 2.54. The van der Waals surface area contributed by atoms with Crippen LogP contribution in [0.25, 0.3) is 10.9 Å². The van der Waals surface area contributed by atoms with Crippen LogP contribution < -0.4 is 5.56 Å². The first-order chi connectivity index (χ1) is 11.1. The van der Waals surface area contributed by atoms with E-state index in [9.17, 15) is 15.0 Å². The molecule has 2 N–H and O–H groups in total. The van der Waals surface area contributed by atoms with Gasteiger partial charge in [-0.05, 0) is 0 Å². The van der Waals surface area contributed by atoms with Crippen molar-refractivity contribution in [1.29, 1.82) is 0 Å². The van der Waals surface area contributed by atoms with Gasteiger partial charge in [-0.1, -0.05) is 0 Å². The van der Waals surface area contributed by atoms with E-state index in [-0.39, 0.29) is 24.2 Å². The molecule has 0 amide bonds. The summed E-state index contributed by atoms with van der Waals surface area (Å²) in [5.41, 5.74) is 0.529. The summed E-state index contributed by atoms with van der Waals surface area (Å²) in [4.78, 5) is 16.7. The fourth-order valence-corrected chi connectivity index (χ4v) is 5.13. The summed E-state index contributed by atoms with van der Waals surface area (Å²) >= 11 is 0.650. The number of fused-ring (bicyclic) bond motifs is 1. The second-order valence-corrected chi connectivity index (χ2v) is 8.70. The second kappa shape index (κ2) is 7.37. The zero-order valence-electron chi connectivity index (χ0n) is 12.9. The van der Waals surface area contributed by atoms with Crippen molar-refractivity contribution in [3.63, 3.8) is 0 Å². The Morgan fingerprint density at radius 1 is 1.39 bits per heavy atom. The molecule has 0 radical (unpaired) electrons. The molecule has 0 bridgehead atoms. The van der Waals surface area contributed by atoms with E-state index in [2.05, 4.69) is 7.69 Å². The number of aliphatic hydroxyl groups excluding tert-OH is 2. The summed E-state index contributed by atoms with van der Waals surface area (Å²) in [6.45, 7) is 1.20. The van der Waals surface area contributed by atoms with Crippen LogP contribution in [0, 0.1) is 0 Å². The van der Waals surface area contributed by atoms with E-state index in [1.54, 1.807) is 12.1 Å². The average molecular weight is 507 g/mol. The molecule has 7 heteroatoms. The van der Waals surface area contributed by atoms with Crippen LogP contribution >= 0.6 is 0 Å². The van der Waals surface area contributed by atoms with Gasteiger partial charge in [-0.25, -0.2) is 0 Å². The van der Waals surface area contributed by atoms with Crippen LogP contribution in [0.5, 0.6) is 0 Å². The molecule has 3 rings (SSSR count). The molecule has 0 unspecified atom stereocenters. The van der Waals surface area contributed by atoms with Crippen molar-refractivity contribution in [1.82, 2.24) is 12.3 Å². The summed E-state index contributed by atoms with van der Waals surface area (Å²) in [5.74, 6) is 0. The van der Waals surface area contributed by atoms with E-state index >= 15 is 0 Å². The van der Waals surface area contributed by atoms with Crippen molar-refractivity contribution < 1.29 is 10.2 Å².